The molecule has 0 fully saturated rings. The van der Waals surface area contributed by atoms with Crippen LogP contribution in [0.15, 0.2) is 0 Å². The van der Waals surface area contributed by atoms with Gasteiger partial charge in [-0.3, -0.25) is 4.79 Å². The second kappa shape index (κ2) is 4.87. The maximum atomic E-state index is 12.1. The predicted molar refractivity (Wildman–Crippen MR) is 70.3 cm³/mol. The van der Waals surface area contributed by atoms with Crippen LogP contribution in [0.4, 0.5) is 0 Å². The van der Waals surface area contributed by atoms with Crippen molar-refractivity contribution in [2.75, 3.05) is 6.54 Å². The lowest BCUT2D eigenvalue weighted by Gasteiger charge is -2.42. The predicted octanol–water partition coefficient (Wildman–Crippen LogP) is 3.39. The molecular formula is C14H29NO. The molecule has 1 atom stereocenters. The first-order chi connectivity index (χ1) is 6.94. The minimum absolute atomic E-state index is 0.0330. The maximum Gasteiger partial charge on any atom is 0.152 e. The highest BCUT2D eigenvalue weighted by Crippen LogP contribution is 2.44. The summed E-state index contributed by atoms with van der Waals surface area (Å²) in [6, 6.07) is 0. The zero-order chi connectivity index (χ0) is 13.2. The number of carbonyl (C=O) groups is 1. The highest BCUT2D eigenvalue weighted by atomic mass is 16.1. The van der Waals surface area contributed by atoms with Crippen LogP contribution in [0.3, 0.4) is 0 Å². The molecule has 0 spiro atoms. The number of ketones is 1. The lowest BCUT2D eigenvalue weighted by molar-refractivity contribution is -0.133. The van der Waals surface area contributed by atoms with Crippen LogP contribution in [0.5, 0.6) is 0 Å². The molecule has 0 aromatic carbocycles. The van der Waals surface area contributed by atoms with Gasteiger partial charge in [0.2, 0.25) is 0 Å². The molecule has 2 nitrogen and oxygen atoms in total. The van der Waals surface area contributed by atoms with Gasteiger partial charge in [-0.05, 0) is 23.7 Å². The van der Waals surface area contributed by atoms with Gasteiger partial charge >= 0.3 is 0 Å². The number of rotatable bonds is 4. The van der Waals surface area contributed by atoms with Crippen molar-refractivity contribution in [2.45, 2.75) is 61.3 Å². The molecule has 2 heteroatoms. The van der Waals surface area contributed by atoms with Crippen LogP contribution in [-0.4, -0.2) is 12.3 Å². The summed E-state index contributed by atoms with van der Waals surface area (Å²) in [4.78, 5) is 12.1. The molecule has 0 aliphatic rings. The summed E-state index contributed by atoms with van der Waals surface area (Å²) in [5.74, 6) is 0.184. The first-order valence-corrected chi connectivity index (χ1v) is 6.17. The Morgan fingerprint density at radius 3 is 1.62 bits per heavy atom. The van der Waals surface area contributed by atoms with Crippen molar-refractivity contribution in [2.24, 2.45) is 22.0 Å². The van der Waals surface area contributed by atoms with Crippen molar-refractivity contribution in [3.8, 4) is 0 Å². The Morgan fingerprint density at radius 2 is 1.38 bits per heavy atom. The van der Waals surface area contributed by atoms with Gasteiger partial charge in [0.1, 0.15) is 0 Å². The van der Waals surface area contributed by atoms with E-state index >= 15 is 0 Å². The van der Waals surface area contributed by atoms with E-state index in [0.717, 1.165) is 12.8 Å². The Morgan fingerprint density at radius 1 is 0.938 bits per heavy atom. The minimum Gasteiger partial charge on any atom is -0.324 e. The Bertz CT molecular complexity index is 244. The molecule has 0 rings (SSSR count). The van der Waals surface area contributed by atoms with E-state index in [1.165, 1.54) is 0 Å². The molecule has 0 aromatic heterocycles. The number of hydrogen-bond donors (Lipinski definition) is 1. The first kappa shape index (κ1) is 15.6. The van der Waals surface area contributed by atoms with Crippen molar-refractivity contribution in [1.29, 1.82) is 0 Å². The third-order valence-corrected chi connectivity index (χ3v) is 3.83. The summed E-state index contributed by atoms with van der Waals surface area (Å²) in [5, 5.41) is 0. The fourth-order valence-corrected chi connectivity index (χ4v) is 1.78. The van der Waals surface area contributed by atoms with E-state index in [4.69, 9.17) is 5.73 Å². The molecule has 0 aliphatic carbocycles. The van der Waals surface area contributed by atoms with Crippen LogP contribution in [0, 0.1) is 16.2 Å². The van der Waals surface area contributed by atoms with Gasteiger partial charge in [-0.15, -0.1) is 0 Å². The van der Waals surface area contributed by atoms with Crippen LogP contribution in [0.1, 0.15) is 61.3 Å². The van der Waals surface area contributed by atoms with Gasteiger partial charge in [0.05, 0.1) is 6.54 Å². The Hall–Kier alpha value is -0.370. The summed E-state index contributed by atoms with van der Waals surface area (Å²) >= 11 is 0. The van der Waals surface area contributed by atoms with Gasteiger partial charge in [-0.2, -0.15) is 0 Å². The molecule has 0 saturated carbocycles. The molecule has 16 heavy (non-hydrogen) atoms. The normalized spacial score (nSPS) is 17.0. The molecule has 0 aliphatic heterocycles. The van der Waals surface area contributed by atoms with E-state index in [1.807, 2.05) is 0 Å². The molecule has 2 N–H and O–H groups in total. The van der Waals surface area contributed by atoms with Crippen LogP contribution in [0.25, 0.3) is 0 Å². The summed E-state index contributed by atoms with van der Waals surface area (Å²) in [6.45, 7) is 15.2. The SMILES string of the molecule is CC(C)(C)CCC(C)(C(=O)CN)C(C)(C)C. The van der Waals surface area contributed by atoms with Crippen LogP contribution >= 0.6 is 0 Å². The smallest absolute Gasteiger partial charge is 0.152 e. The lowest BCUT2D eigenvalue weighted by atomic mass is 9.61. The monoisotopic (exact) mass is 227 g/mol. The average molecular weight is 227 g/mol. The second-order valence-electron chi connectivity index (χ2n) is 7.27. The number of hydrogen-bond acceptors (Lipinski definition) is 2. The van der Waals surface area contributed by atoms with Gasteiger partial charge in [0.25, 0.3) is 0 Å². The van der Waals surface area contributed by atoms with Crippen molar-refractivity contribution >= 4 is 5.78 Å². The van der Waals surface area contributed by atoms with Gasteiger partial charge < -0.3 is 5.73 Å². The first-order valence-electron chi connectivity index (χ1n) is 6.17. The van der Waals surface area contributed by atoms with E-state index in [0.29, 0.717) is 0 Å². The molecule has 1 unspecified atom stereocenters. The molecule has 0 saturated heterocycles. The van der Waals surface area contributed by atoms with Gasteiger partial charge in [0, 0.05) is 5.41 Å². The molecule has 96 valence electrons. The van der Waals surface area contributed by atoms with Gasteiger partial charge in [-0.25, -0.2) is 0 Å². The maximum absolute atomic E-state index is 12.1. The Kier molecular flexibility index (Phi) is 4.75. The standard InChI is InChI=1S/C14H29NO/c1-12(2,3)8-9-14(7,11(16)10-15)13(4,5)6/h8-10,15H2,1-7H3. The fourth-order valence-electron chi connectivity index (χ4n) is 1.78. The quantitative estimate of drug-likeness (QED) is 0.800. The fraction of sp³-hybridized carbons (Fsp3) is 0.929. The zero-order valence-electron chi connectivity index (χ0n) is 12.1. The van der Waals surface area contributed by atoms with Crippen LogP contribution < -0.4 is 5.73 Å². The van der Waals surface area contributed by atoms with E-state index in [-0.39, 0.29) is 28.6 Å². The molecule has 0 radical (unpaired) electrons. The summed E-state index contributed by atoms with van der Waals surface area (Å²) in [6.07, 6.45) is 1.96. The molecule has 0 aromatic rings. The summed E-state index contributed by atoms with van der Waals surface area (Å²) in [7, 11) is 0. The molecule has 0 amide bonds. The Balaban J connectivity index is 4.91. The lowest BCUT2D eigenvalue weighted by Crippen LogP contribution is -2.44. The number of Topliss-reactive ketones (excluding diaryl/α,β-unsaturated/α-hetero) is 1. The van der Waals surface area contributed by atoms with E-state index in [1.54, 1.807) is 0 Å². The topological polar surface area (TPSA) is 43.1 Å². The highest BCUT2D eigenvalue weighted by Gasteiger charge is 2.43. The average Bonchev–Trinajstić information content (AvgIpc) is 2.09. The highest BCUT2D eigenvalue weighted by molar-refractivity contribution is 5.86. The minimum atomic E-state index is -0.310. The van der Waals surface area contributed by atoms with E-state index < -0.39 is 0 Å². The summed E-state index contributed by atoms with van der Waals surface area (Å²) in [5.41, 5.74) is 5.47. The van der Waals surface area contributed by atoms with Crippen molar-refractivity contribution in [3.63, 3.8) is 0 Å². The van der Waals surface area contributed by atoms with Gasteiger partial charge in [0.15, 0.2) is 5.78 Å². The zero-order valence-corrected chi connectivity index (χ0v) is 12.1. The molecule has 0 bridgehead atoms. The van der Waals surface area contributed by atoms with Crippen molar-refractivity contribution in [3.05, 3.63) is 0 Å². The van der Waals surface area contributed by atoms with Crippen molar-refractivity contribution < 1.29 is 4.79 Å². The van der Waals surface area contributed by atoms with Crippen molar-refractivity contribution in [1.82, 2.24) is 0 Å². The third-order valence-electron chi connectivity index (χ3n) is 3.83. The number of nitrogens with two attached hydrogens (primary N) is 1. The number of carbonyl (C=O) groups excluding carboxylic acids is 1. The Labute approximate surface area is 101 Å². The van der Waals surface area contributed by atoms with Crippen LogP contribution in [-0.2, 0) is 4.79 Å². The summed E-state index contributed by atoms with van der Waals surface area (Å²) < 4.78 is 0. The molecule has 0 heterocycles. The van der Waals surface area contributed by atoms with E-state index in [9.17, 15) is 4.79 Å². The van der Waals surface area contributed by atoms with Crippen LogP contribution in [0.2, 0.25) is 0 Å². The largest absolute Gasteiger partial charge is 0.324 e. The second-order valence-corrected chi connectivity index (χ2v) is 7.27. The molecular weight excluding hydrogens is 198 g/mol. The van der Waals surface area contributed by atoms with Gasteiger partial charge in [-0.1, -0.05) is 48.5 Å². The third kappa shape index (κ3) is 3.89. The van der Waals surface area contributed by atoms with E-state index in [2.05, 4.69) is 48.5 Å².